The van der Waals surface area contributed by atoms with E-state index in [9.17, 15) is 4.79 Å². The summed E-state index contributed by atoms with van der Waals surface area (Å²) in [7, 11) is 1.98. The quantitative estimate of drug-likeness (QED) is 0.835. The Hall–Kier alpha value is -2.20. The third-order valence-electron chi connectivity index (χ3n) is 3.20. The summed E-state index contributed by atoms with van der Waals surface area (Å²) in [6.45, 7) is 1.23. The minimum Gasteiger partial charge on any atom is -0.398 e. The molecule has 21 heavy (non-hydrogen) atoms. The van der Waals surface area contributed by atoms with Gasteiger partial charge in [-0.05, 0) is 24.3 Å². The van der Waals surface area contributed by atoms with Gasteiger partial charge in [-0.3, -0.25) is 4.79 Å². The number of benzene rings is 2. The van der Waals surface area contributed by atoms with Crippen LogP contribution in [0.1, 0.15) is 10.4 Å². The van der Waals surface area contributed by atoms with E-state index in [1.165, 1.54) is 0 Å². The number of carbonyl (C=O) groups is 1. The Balaban J connectivity index is 1.89. The number of nitrogen functional groups attached to an aromatic ring is 1. The number of hydrogen-bond donors (Lipinski definition) is 2. The van der Waals surface area contributed by atoms with Crippen LogP contribution in [-0.4, -0.2) is 26.0 Å². The van der Waals surface area contributed by atoms with Gasteiger partial charge >= 0.3 is 0 Å². The van der Waals surface area contributed by atoms with Crippen LogP contribution in [0.4, 0.5) is 11.4 Å². The predicted molar refractivity (Wildman–Crippen MR) is 87.9 cm³/mol. The molecule has 5 heteroatoms. The van der Waals surface area contributed by atoms with E-state index in [-0.39, 0.29) is 5.91 Å². The molecule has 1 amide bonds. The van der Waals surface area contributed by atoms with Crippen LogP contribution in [0.3, 0.4) is 0 Å². The average Bonchev–Trinajstić information content (AvgIpc) is 2.50. The van der Waals surface area contributed by atoms with Crippen molar-refractivity contribution in [1.29, 1.82) is 0 Å². The molecule has 2 aromatic rings. The van der Waals surface area contributed by atoms with Gasteiger partial charge in [0.05, 0.1) is 16.3 Å². The number of hydrogen-bond acceptors (Lipinski definition) is 3. The molecular weight excluding hydrogens is 286 g/mol. The lowest BCUT2D eigenvalue weighted by Crippen LogP contribution is -2.33. The zero-order valence-corrected chi connectivity index (χ0v) is 12.6. The summed E-state index contributed by atoms with van der Waals surface area (Å²) in [4.78, 5) is 14.1. The molecule has 0 saturated heterocycles. The van der Waals surface area contributed by atoms with Gasteiger partial charge in [0, 0.05) is 25.8 Å². The van der Waals surface area contributed by atoms with E-state index in [0.717, 1.165) is 5.69 Å². The molecule has 2 rings (SSSR count). The summed E-state index contributed by atoms with van der Waals surface area (Å²) in [5.74, 6) is -0.214. The minimum absolute atomic E-state index is 0.214. The molecule has 0 aliphatic rings. The molecule has 0 fully saturated rings. The number of nitrogens with zero attached hydrogens (tertiary/aromatic N) is 1. The fourth-order valence-corrected chi connectivity index (χ4v) is 2.18. The molecule has 0 spiro atoms. The molecule has 110 valence electrons. The molecule has 3 N–H and O–H groups in total. The second kappa shape index (κ2) is 6.99. The van der Waals surface area contributed by atoms with Crippen LogP contribution in [-0.2, 0) is 0 Å². The zero-order chi connectivity index (χ0) is 15.2. The fraction of sp³-hybridized carbons (Fsp3) is 0.188. The molecule has 0 atom stereocenters. The molecule has 0 heterocycles. The van der Waals surface area contributed by atoms with Gasteiger partial charge in [-0.1, -0.05) is 35.9 Å². The van der Waals surface area contributed by atoms with Gasteiger partial charge in [-0.2, -0.15) is 0 Å². The van der Waals surface area contributed by atoms with Crippen molar-refractivity contribution in [3.8, 4) is 0 Å². The SMILES string of the molecule is CN(CCNC(=O)c1cccc(N)c1Cl)c1ccccc1. The van der Waals surface area contributed by atoms with Crippen LogP contribution in [0.2, 0.25) is 5.02 Å². The smallest absolute Gasteiger partial charge is 0.252 e. The number of amides is 1. The number of nitrogens with one attached hydrogen (secondary N) is 1. The molecule has 0 radical (unpaired) electrons. The Bertz CT molecular complexity index is 616. The molecule has 0 unspecified atom stereocenters. The number of nitrogens with two attached hydrogens (primary N) is 1. The summed E-state index contributed by atoms with van der Waals surface area (Å²) >= 11 is 6.03. The maximum absolute atomic E-state index is 12.1. The Labute approximate surface area is 129 Å². The normalized spacial score (nSPS) is 10.2. The predicted octanol–water partition coefficient (Wildman–Crippen LogP) is 2.79. The highest BCUT2D eigenvalue weighted by atomic mass is 35.5. The van der Waals surface area contributed by atoms with Crippen LogP contribution in [0, 0.1) is 0 Å². The van der Waals surface area contributed by atoms with Crippen LogP contribution < -0.4 is 16.0 Å². The van der Waals surface area contributed by atoms with E-state index in [0.29, 0.717) is 29.4 Å². The molecular formula is C16H18ClN3O. The molecule has 0 saturated carbocycles. The number of anilines is 2. The lowest BCUT2D eigenvalue weighted by atomic mass is 10.2. The van der Waals surface area contributed by atoms with Crippen LogP contribution in [0.5, 0.6) is 0 Å². The molecule has 0 aliphatic heterocycles. The Morgan fingerprint density at radius 1 is 1.19 bits per heavy atom. The second-order valence-electron chi connectivity index (χ2n) is 4.72. The van der Waals surface area contributed by atoms with Crippen molar-refractivity contribution in [3.05, 3.63) is 59.1 Å². The largest absolute Gasteiger partial charge is 0.398 e. The summed E-state index contributed by atoms with van der Waals surface area (Å²) < 4.78 is 0. The van der Waals surface area contributed by atoms with Crippen molar-refractivity contribution in [1.82, 2.24) is 5.32 Å². The van der Waals surface area contributed by atoms with E-state index in [1.54, 1.807) is 18.2 Å². The standard InChI is InChI=1S/C16H18ClN3O/c1-20(12-6-3-2-4-7-12)11-10-19-16(21)13-8-5-9-14(18)15(13)17/h2-9H,10-11,18H2,1H3,(H,19,21). The van der Waals surface area contributed by atoms with Crippen LogP contribution in [0.25, 0.3) is 0 Å². The molecule has 0 aromatic heterocycles. The summed E-state index contributed by atoms with van der Waals surface area (Å²) in [6.07, 6.45) is 0. The van der Waals surface area contributed by atoms with Crippen LogP contribution >= 0.6 is 11.6 Å². The number of rotatable bonds is 5. The first kappa shape index (κ1) is 15.2. The number of halogens is 1. The zero-order valence-electron chi connectivity index (χ0n) is 11.8. The number of para-hydroxylation sites is 1. The monoisotopic (exact) mass is 303 g/mol. The van der Waals surface area contributed by atoms with Gasteiger partial charge in [-0.15, -0.1) is 0 Å². The number of carbonyl (C=O) groups excluding carboxylic acids is 1. The second-order valence-corrected chi connectivity index (χ2v) is 5.10. The molecule has 0 aliphatic carbocycles. The van der Waals surface area contributed by atoms with Gasteiger partial charge in [0.1, 0.15) is 0 Å². The van der Waals surface area contributed by atoms with Gasteiger partial charge in [0.15, 0.2) is 0 Å². The van der Waals surface area contributed by atoms with Crippen molar-refractivity contribution < 1.29 is 4.79 Å². The average molecular weight is 304 g/mol. The topological polar surface area (TPSA) is 58.4 Å². The summed E-state index contributed by atoms with van der Waals surface area (Å²) in [5, 5.41) is 3.14. The molecule has 2 aromatic carbocycles. The lowest BCUT2D eigenvalue weighted by molar-refractivity contribution is 0.0955. The van der Waals surface area contributed by atoms with E-state index in [4.69, 9.17) is 17.3 Å². The number of likely N-dealkylation sites (N-methyl/N-ethyl adjacent to an activating group) is 1. The minimum atomic E-state index is -0.214. The van der Waals surface area contributed by atoms with Crippen molar-refractivity contribution in [2.45, 2.75) is 0 Å². The van der Waals surface area contributed by atoms with Crippen molar-refractivity contribution >= 4 is 28.9 Å². The third-order valence-corrected chi connectivity index (χ3v) is 3.62. The maximum atomic E-state index is 12.1. The highest BCUT2D eigenvalue weighted by molar-refractivity contribution is 6.36. The van der Waals surface area contributed by atoms with Crippen molar-refractivity contribution in [2.75, 3.05) is 30.8 Å². The van der Waals surface area contributed by atoms with Gasteiger partial charge in [0.25, 0.3) is 5.91 Å². The third kappa shape index (κ3) is 3.89. The Morgan fingerprint density at radius 3 is 2.62 bits per heavy atom. The highest BCUT2D eigenvalue weighted by Gasteiger charge is 2.11. The van der Waals surface area contributed by atoms with E-state index in [1.807, 2.05) is 37.4 Å². The van der Waals surface area contributed by atoms with Gasteiger partial charge in [0.2, 0.25) is 0 Å². The summed E-state index contributed by atoms with van der Waals surface area (Å²) in [6, 6.07) is 15.0. The first-order chi connectivity index (χ1) is 10.1. The van der Waals surface area contributed by atoms with Gasteiger partial charge < -0.3 is 16.0 Å². The first-order valence-electron chi connectivity index (χ1n) is 6.68. The summed E-state index contributed by atoms with van der Waals surface area (Å²) in [5.41, 5.74) is 7.61. The van der Waals surface area contributed by atoms with E-state index < -0.39 is 0 Å². The van der Waals surface area contributed by atoms with Gasteiger partial charge in [-0.25, -0.2) is 0 Å². The van der Waals surface area contributed by atoms with E-state index in [2.05, 4.69) is 10.2 Å². The fourth-order valence-electron chi connectivity index (χ4n) is 1.97. The molecule has 4 nitrogen and oxygen atoms in total. The van der Waals surface area contributed by atoms with Crippen molar-refractivity contribution in [3.63, 3.8) is 0 Å². The van der Waals surface area contributed by atoms with Crippen LogP contribution in [0.15, 0.2) is 48.5 Å². The maximum Gasteiger partial charge on any atom is 0.252 e. The lowest BCUT2D eigenvalue weighted by Gasteiger charge is -2.19. The Morgan fingerprint density at radius 2 is 1.90 bits per heavy atom. The Kier molecular flexibility index (Phi) is 5.06. The molecule has 0 bridgehead atoms. The van der Waals surface area contributed by atoms with E-state index >= 15 is 0 Å². The highest BCUT2D eigenvalue weighted by Crippen LogP contribution is 2.22. The first-order valence-corrected chi connectivity index (χ1v) is 7.06. The van der Waals surface area contributed by atoms with Crippen molar-refractivity contribution in [2.24, 2.45) is 0 Å².